The molecule has 54 heavy (non-hydrogen) atoms. The smallest absolute Gasteiger partial charge is 0.252 e. The van der Waals surface area contributed by atoms with Gasteiger partial charge in [0, 0.05) is 45.5 Å². The number of fused-ring (bicyclic) bond motifs is 5. The van der Waals surface area contributed by atoms with Gasteiger partial charge in [-0.25, -0.2) is 17.6 Å². The maximum absolute atomic E-state index is 15.4. The fourth-order valence-electron chi connectivity index (χ4n) is 8.14. The lowest BCUT2D eigenvalue weighted by atomic mass is 9.33. The SMILES string of the molecule is Fc1ccc(N2c3ccc(F)cc3B3c4cc(F)ccc4N(c4ccc(F)cc4)c4cc(N(c5ccccc5)c5ccc6ccccc6c5)cc2c43)cc1. The van der Waals surface area contributed by atoms with Crippen LogP contribution in [0.2, 0.25) is 0 Å². The van der Waals surface area contributed by atoms with Crippen LogP contribution >= 0.6 is 0 Å². The first-order valence-corrected chi connectivity index (χ1v) is 17.6. The first-order valence-electron chi connectivity index (χ1n) is 17.6. The third-order valence-electron chi connectivity index (χ3n) is 10.4. The van der Waals surface area contributed by atoms with E-state index in [1.807, 2.05) is 40.1 Å². The zero-order chi connectivity index (χ0) is 36.5. The molecule has 0 amide bonds. The van der Waals surface area contributed by atoms with Crippen LogP contribution in [-0.2, 0) is 0 Å². The number of anilines is 9. The van der Waals surface area contributed by atoms with E-state index in [1.165, 1.54) is 48.5 Å². The molecule has 8 heteroatoms. The number of hydrogen-bond acceptors (Lipinski definition) is 3. The lowest BCUT2D eigenvalue weighted by Crippen LogP contribution is -2.61. The Balaban J connectivity index is 1.33. The highest BCUT2D eigenvalue weighted by molar-refractivity contribution is 7.00. The molecule has 10 rings (SSSR count). The Kier molecular flexibility index (Phi) is 7.33. The molecule has 0 bridgehead atoms. The van der Waals surface area contributed by atoms with Gasteiger partial charge in [-0.2, -0.15) is 0 Å². The molecule has 0 radical (unpaired) electrons. The molecule has 0 saturated carbocycles. The summed E-state index contributed by atoms with van der Waals surface area (Å²) in [7, 11) is 0. The Bertz CT molecular complexity index is 2610. The Labute approximate surface area is 309 Å². The fraction of sp³-hybridized carbons (Fsp3) is 0. The summed E-state index contributed by atoms with van der Waals surface area (Å²) in [4.78, 5) is 6.22. The number of hydrogen-bond donors (Lipinski definition) is 0. The molecule has 0 saturated heterocycles. The lowest BCUT2D eigenvalue weighted by molar-refractivity contribution is 0.627. The third kappa shape index (κ3) is 5.13. The fourth-order valence-corrected chi connectivity index (χ4v) is 8.14. The van der Waals surface area contributed by atoms with Gasteiger partial charge in [0.1, 0.15) is 23.3 Å². The van der Waals surface area contributed by atoms with Crippen molar-refractivity contribution in [3.05, 3.63) is 193 Å². The van der Waals surface area contributed by atoms with E-state index in [-0.39, 0.29) is 11.6 Å². The molecular weight excluding hydrogens is 681 g/mol. The molecule has 0 N–H and O–H groups in total. The van der Waals surface area contributed by atoms with Crippen molar-refractivity contribution in [1.29, 1.82) is 0 Å². The molecule has 8 aromatic rings. The van der Waals surface area contributed by atoms with Crippen molar-refractivity contribution < 1.29 is 17.6 Å². The maximum Gasteiger partial charge on any atom is 0.252 e. The van der Waals surface area contributed by atoms with Gasteiger partial charge in [-0.05, 0) is 148 Å². The third-order valence-corrected chi connectivity index (χ3v) is 10.4. The van der Waals surface area contributed by atoms with Crippen molar-refractivity contribution in [2.75, 3.05) is 14.7 Å². The van der Waals surface area contributed by atoms with Crippen molar-refractivity contribution in [3.63, 3.8) is 0 Å². The van der Waals surface area contributed by atoms with Crippen molar-refractivity contribution in [2.45, 2.75) is 0 Å². The zero-order valence-electron chi connectivity index (χ0n) is 28.6. The highest BCUT2D eigenvalue weighted by atomic mass is 19.1. The quantitative estimate of drug-likeness (QED) is 0.130. The summed E-state index contributed by atoms with van der Waals surface area (Å²) in [5.41, 5.74) is 8.92. The molecular formula is C46H28BF4N3. The summed E-state index contributed by atoms with van der Waals surface area (Å²) in [5, 5.41) is 2.18. The summed E-state index contributed by atoms with van der Waals surface area (Å²) in [5.74, 6) is -1.64. The van der Waals surface area contributed by atoms with Gasteiger partial charge in [0.05, 0.1) is 5.69 Å². The van der Waals surface area contributed by atoms with E-state index in [1.54, 1.807) is 36.4 Å². The highest BCUT2D eigenvalue weighted by Crippen LogP contribution is 2.48. The van der Waals surface area contributed by atoms with E-state index in [0.717, 1.165) is 44.7 Å². The summed E-state index contributed by atoms with van der Waals surface area (Å²) in [6.45, 7) is -0.570. The van der Waals surface area contributed by atoms with Crippen LogP contribution in [0.5, 0.6) is 0 Å². The Morgan fingerprint density at radius 2 is 0.870 bits per heavy atom. The van der Waals surface area contributed by atoms with E-state index >= 15 is 8.78 Å². The molecule has 2 heterocycles. The normalized spacial score (nSPS) is 12.7. The number of halogens is 4. The average Bonchev–Trinajstić information content (AvgIpc) is 3.19. The van der Waals surface area contributed by atoms with Gasteiger partial charge in [-0.3, -0.25) is 0 Å². The molecule has 258 valence electrons. The van der Waals surface area contributed by atoms with Crippen molar-refractivity contribution in [3.8, 4) is 0 Å². The second-order valence-corrected chi connectivity index (χ2v) is 13.6. The number of benzene rings is 8. The van der Waals surface area contributed by atoms with Crippen LogP contribution in [-0.4, -0.2) is 6.71 Å². The minimum atomic E-state index is -0.570. The van der Waals surface area contributed by atoms with E-state index in [0.29, 0.717) is 33.7 Å². The van der Waals surface area contributed by atoms with Crippen LogP contribution < -0.4 is 31.1 Å². The van der Waals surface area contributed by atoms with Gasteiger partial charge in [0.25, 0.3) is 6.71 Å². The van der Waals surface area contributed by atoms with Crippen molar-refractivity contribution in [1.82, 2.24) is 0 Å². The van der Waals surface area contributed by atoms with Gasteiger partial charge in [0.15, 0.2) is 0 Å². The van der Waals surface area contributed by atoms with Crippen molar-refractivity contribution in [2.24, 2.45) is 0 Å². The molecule has 0 atom stereocenters. The van der Waals surface area contributed by atoms with Crippen LogP contribution in [0, 0.1) is 23.3 Å². The van der Waals surface area contributed by atoms with E-state index in [4.69, 9.17) is 0 Å². The molecule has 8 aromatic carbocycles. The molecule has 0 aliphatic carbocycles. The maximum atomic E-state index is 15.4. The van der Waals surface area contributed by atoms with Gasteiger partial charge in [-0.15, -0.1) is 0 Å². The molecule has 2 aliphatic rings. The van der Waals surface area contributed by atoms with Gasteiger partial charge < -0.3 is 14.7 Å². The first-order chi connectivity index (χ1) is 26.4. The van der Waals surface area contributed by atoms with E-state index in [2.05, 4.69) is 59.5 Å². The standard InChI is InChI=1S/C46H28BF4N3/c48-31-11-18-36(19-12-31)53-42-22-15-33(50)25-40(42)47-41-26-34(51)16-23-43(41)54(37-20-13-32(49)14-21-37)45-28-39(27-44(53)46(45)47)52(35-8-2-1-3-9-35)38-17-10-29-6-4-5-7-30(29)24-38/h1-28H. The predicted octanol–water partition coefficient (Wildman–Crippen LogP) is 10.9. The Morgan fingerprint density at radius 1 is 0.370 bits per heavy atom. The molecule has 0 spiro atoms. The van der Waals surface area contributed by atoms with Crippen LogP contribution in [0.1, 0.15) is 0 Å². The van der Waals surface area contributed by atoms with Crippen molar-refractivity contribution >= 4 is 85.1 Å². The molecule has 0 fully saturated rings. The zero-order valence-corrected chi connectivity index (χ0v) is 28.6. The average molecular weight is 710 g/mol. The van der Waals surface area contributed by atoms with Crippen LogP contribution in [0.3, 0.4) is 0 Å². The summed E-state index contributed by atoms with van der Waals surface area (Å²) in [6, 6.07) is 50.5. The second-order valence-electron chi connectivity index (χ2n) is 13.6. The van der Waals surface area contributed by atoms with E-state index < -0.39 is 18.3 Å². The minimum absolute atomic E-state index is 0.387. The molecule has 2 aliphatic heterocycles. The predicted molar refractivity (Wildman–Crippen MR) is 212 cm³/mol. The minimum Gasteiger partial charge on any atom is -0.311 e. The lowest BCUT2D eigenvalue weighted by Gasteiger charge is -2.45. The van der Waals surface area contributed by atoms with Crippen LogP contribution in [0.4, 0.5) is 68.7 Å². The van der Waals surface area contributed by atoms with Gasteiger partial charge in [-0.1, -0.05) is 48.5 Å². The summed E-state index contributed by atoms with van der Waals surface area (Å²) in [6.07, 6.45) is 0. The number of para-hydroxylation sites is 1. The van der Waals surface area contributed by atoms with Crippen LogP contribution in [0.25, 0.3) is 10.8 Å². The Morgan fingerprint density at radius 3 is 1.43 bits per heavy atom. The summed E-state index contributed by atoms with van der Waals surface area (Å²) < 4.78 is 59.7. The van der Waals surface area contributed by atoms with Gasteiger partial charge >= 0.3 is 0 Å². The Hall–Kier alpha value is -6.80. The number of nitrogens with zero attached hydrogens (tertiary/aromatic N) is 3. The largest absolute Gasteiger partial charge is 0.311 e. The monoisotopic (exact) mass is 709 g/mol. The van der Waals surface area contributed by atoms with E-state index in [9.17, 15) is 8.78 Å². The second kappa shape index (κ2) is 12.4. The number of rotatable bonds is 5. The topological polar surface area (TPSA) is 9.72 Å². The van der Waals surface area contributed by atoms with Crippen LogP contribution in [0.15, 0.2) is 170 Å². The molecule has 0 unspecified atom stereocenters. The molecule has 0 aromatic heterocycles. The highest BCUT2D eigenvalue weighted by Gasteiger charge is 2.44. The molecule has 3 nitrogen and oxygen atoms in total. The van der Waals surface area contributed by atoms with Gasteiger partial charge in [0.2, 0.25) is 0 Å². The summed E-state index contributed by atoms with van der Waals surface area (Å²) >= 11 is 0. The first kappa shape index (κ1) is 31.9.